The van der Waals surface area contributed by atoms with Gasteiger partial charge >= 0.3 is 0 Å². The van der Waals surface area contributed by atoms with E-state index in [0.29, 0.717) is 11.6 Å². The number of likely N-dealkylation sites (tertiary alicyclic amines) is 1. The Morgan fingerprint density at radius 1 is 1.58 bits per heavy atom. The molecule has 2 fully saturated rings. The Morgan fingerprint density at radius 3 is 3.05 bits per heavy atom. The SMILES string of the molecule is Cl.Nc1ncc(CN2CCCC3(CNC(=O)C3)C2)s1. The molecule has 0 aromatic carbocycles. The van der Waals surface area contributed by atoms with Gasteiger partial charge in [-0.1, -0.05) is 0 Å². The number of nitrogens with one attached hydrogen (secondary N) is 1. The van der Waals surface area contributed by atoms with Crippen LogP contribution in [-0.4, -0.2) is 35.4 Å². The van der Waals surface area contributed by atoms with Crippen molar-refractivity contribution in [3.8, 4) is 0 Å². The molecule has 2 aliphatic heterocycles. The van der Waals surface area contributed by atoms with Crippen LogP contribution in [0.1, 0.15) is 24.1 Å². The Hall–Kier alpha value is -0.850. The number of thiazole rings is 1. The van der Waals surface area contributed by atoms with E-state index >= 15 is 0 Å². The Bertz CT molecular complexity index is 466. The van der Waals surface area contributed by atoms with E-state index in [-0.39, 0.29) is 23.7 Å². The highest BCUT2D eigenvalue weighted by Crippen LogP contribution is 2.36. The van der Waals surface area contributed by atoms with E-state index in [1.165, 1.54) is 11.3 Å². The molecule has 106 valence electrons. The molecule has 3 rings (SSSR count). The van der Waals surface area contributed by atoms with E-state index in [1.54, 1.807) is 11.3 Å². The molecule has 1 amide bonds. The highest BCUT2D eigenvalue weighted by atomic mass is 35.5. The van der Waals surface area contributed by atoms with Crippen molar-refractivity contribution in [3.63, 3.8) is 0 Å². The van der Waals surface area contributed by atoms with Gasteiger partial charge < -0.3 is 11.1 Å². The van der Waals surface area contributed by atoms with Crippen molar-refractivity contribution in [2.45, 2.75) is 25.8 Å². The van der Waals surface area contributed by atoms with E-state index < -0.39 is 0 Å². The van der Waals surface area contributed by atoms with E-state index in [1.807, 2.05) is 6.20 Å². The zero-order chi connectivity index (χ0) is 12.6. The molecule has 1 atom stereocenters. The number of carbonyl (C=O) groups excluding carboxylic acids is 1. The first kappa shape index (κ1) is 14.6. The summed E-state index contributed by atoms with van der Waals surface area (Å²) in [5.41, 5.74) is 5.82. The maximum absolute atomic E-state index is 11.4. The van der Waals surface area contributed by atoms with E-state index in [4.69, 9.17) is 5.73 Å². The zero-order valence-electron chi connectivity index (χ0n) is 10.7. The molecule has 3 N–H and O–H groups in total. The van der Waals surface area contributed by atoms with Gasteiger partial charge in [-0.2, -0.15) is 0 Å². The van der Waals surface area contributed by atoms with Crippen LogP contribution >= 0.6 is 23.7 Å². The Kier molecular flexibility index (Phi) is 4.32. The smallest absolute Gasteiger partial charge is 0.220 e. The molecule has 0 saturated carbocycles. The molecule has 7 heteroatoms. The molecule has 3 heterocycles. The first-order chi connectivity index (χ1) is 8.65. The van der Waals surface area contributed by atoms with Gasteiger partial charge in [-0.05, 0) is 19.4 Å². The van der Waals surface area contributed by atoms with Gasteiger partial charge in [-0.3, -0.25) is 9.69 Å². The van der Waals surface area contributed by atoms with Crippen LogP contribution in [-0.2, 0) is 11.3 Å². The van der Waals surface area contributed by atoms with Crippen LogP contribution in [0.5, 0.6) is 0 Å². The molecule has 0 aliphatic carbocycles. The third-order valence-electron chi connectivity index (χ3n) is 3.89. The molecule has 1 spiro atoms. The van der Waals surface area contributed by atoms with Gasteiger partial charge in [0.2, 0.25) is 5.91 Å². The predicted molar refractivity (Wildman–Crippen MR) is 78.3 cm³/mol. The number of aromatic nitrogens is 1. The fourth-order valence-electron chi connectivity index (χ4n) is 3.10. The summed E-state index contributed by atoms with van der Waals surface area (Å²) >= 11 is 1.56. The minimum Gasteiger partial charge on any atom is -0.375 e. The van der Waals surface area contributed by atoms with Gasteiger partial charge in [0.25, 0.3) is 0 Å². The van der Waals surface area contributed by atoms with E-state index in [0.717, 1.165) is 32.6 Å². The third kappa shape index (κ3) is 3.19. The van der Waals surface area contributed by atoms with Gasteiger partial charge in [0, 0.05) is 42.5 Å². The van der Waals surface area contributed by atoms with E-state index in [2.05, 4.69) is 15.2 Å². The second-order valence-electron chi connectivity index (χ2n) is 5.43. The molecular formula is C12H19ClN4OS. The standard InChI is InChI=1S/C12H18N4OS.ClH/c13-11-14-5-9(18-11)6-16-3-1-2-12(8-16)4-10(17)15-7-12;/h5H,1-4,6-8H2,(H2,13,14)(H,15,17);1H. The monoisotopic (exact) mass is 302 g/mol. The minimum absolute atomic E-state index is 0. The van der Waals surface area contributed by atoms with E-state index in [9.17, 15) is 4.79 Å². The topological polar surface area (TPSA) is 71.2 Å². The fraction of sp³-hybridized carbons (Fsp3) is 0.667. The molecule has 1 aromatic heterocycles. The van der Waals surface area contributed by atoms with Crippen LogP contribution in [0.4, 0.5) is 5.13 Å². The molecule has 2 aliphatic rings. The third-order valence-corrected chi connectivity index (χ3v) is 4.70. The van der Waals surface area contributed by atoms with Gasteiger partial charge in [0.05, 0.1) is 0 Å². The largest absolute Gasteiger partial charge is 0.375 e. The number of carbonyl (C=O) groups is 1. The van der Waals surface area contributed by atoms with Crippen molar-refractivity contribution in [1.29, 1.82) is 0 Å². The van der Waals surface area contributed by atoms with Crippen LogP contribution < -0.4 is 11.1 Å². The Balaban J connectivity index is 0.00000133. The lowest BCUT2D eigenvalue weighted by Gasteiger charge is -2.39. The first-order valence-electron chi connectivity index (χ1n) is 6.35. The lowest BCUT2D eigenvalue weighted by Crippen LogP contribution is -2.43. The van der Waals surface area contributed by atoms with Gasteiger partial charge in [-0.25, -0.2) is 4.98 Å². The number of halogens is 1. The summed E-state index contributed by atoms with van der Waals surface area (Å²) in [5, 5.41) is 3.61. The van der Waals surface area contributed by atoms with Gasteiger partial charge in [0.1, 0.15) is 0 Å². The average Bonchev–Trinajstić information content (AvgIpc) is 2.87. The number of hydrogen-bond acceptors (Lipinski definition) is 5. The molecular weight excluding hydrogens is 284 g/mol. The lowest BCUT2D eigenvalue weighted by molar-refractivity contribution is -0.119. The molecule has 1 aromatic rings. The number of piperidine rings is 1. The van der Waals surface area contributed by atoms with Gasteiger partial charge in [-0.15, -0.1) is 23.7 Å². The maximum atomic E-state index is 11.4. The van der Waals surface area contributed by atoms with Crippen LogP contribution in [0.3, 0.4) is 0 Å². The van der Waals surface area contributed by atoms with Crippen molar-refractivity contribution in [3.05, 3.63) is 11.1 Å². The summed E-state index contributed by atoms with van der Waals surface area (Å²) in [6.07, 6.45) is 4.88. The number of rotatable bonds is 2. The minimum atomic E-state index is 0. The highest BCUT2D eigenvalue weighted by molar-refractivity contribution is 7.15. The summed E-state index contributed by atoms with van der Waals surface area (Å²) in [6.45, 7) is 3.86. The zero-order valence-corrected chi connectivity index (χ0v) is 12.4. The summed E-state index contributed by atoms with van der Waals surface area (Å²) < 4.78 is 0. The molecule has 19 heavy (non-hydrogen) atoms. The van der Waals surface area contributed by atoms with Crippen molar-refractivity contribution in [2.75, 3.05) is 25.4 Å². The van der Waals surface area contributed by atoms with Crippen LogP contribution in [0.25, 0.3) is 0 Å². The summed E-state index contributed by atoms with van der Waals surface area (Å²) in [6, 6.07) is 0. The Morgan fingerprint density at radius 2 is 2.42 bits per heavy atom. The molecule has 0 radical (unpaired) electrons. The van der Waals surface area contributed by atoms with Gasteiger partial charge in [0.15, 0.2) is 5.13 Å². The number of amides is 1. The fourth-order valence-corrected chi connectivity index (χ4v) is 3.83. The highest BCUT2D eigenvalue weighted by Gasteiger charge is 2.41. The molecule has 1 unspecified atom stereocenters. The molecule has 2 saturated heterocycles. The van der Waals surface area contributed by atoms with Crippen molar-refractivity contribution in [2.24, 2.45) is 5.41 Å². The number of nitrogens with zero attached hydrogens (tertiary/aromatic N) is 2. The second kappa shape index (κ2) is 5.64. The Labute approximate surface area is 123 Å². The molecule has 0 bridgehead atoms. The lowest BCUT2D eigenvalue weighted by atomic mass is 9.79. The van der Waals surface area contributed by atoms with Crippen LogP contribution in [0.2, 0.25) is 0 Å². The summed E-state index contributed by atoms with van der Waals surface area (Å²) in [7, 11) is 0. The second-order valence-corrected chi connectivity index (χ2v) is 6.58. The van der Waals surface area contributed by atoms with Crippen molar-refractivity contribution < 1.29 is 4.79 Å². The number of hydrogen-bond donors (Lipinski definition) is 2. The van der Waals surface area contributed by atoms with Crippen molar-refractivity contribution >= 4 is 34.8 Å². The van der Waals surface area contributed by atoms with Crippen molar-refractivity contribution in [1.82, 2.24) is 15.2 Å². The first-order valence-corrected chi connectivity index (χ1v) is 7.16. The average molecular weight is 303 g/mol. The van der Waals surface area contributed by atoms with Crippen LogP contribution in [0.15, 0.2) is 6.20 Å². The molecule has 5 nitrogen and oxygen atoms in total. The summed E-state index contributed by atoms with van der Waals surface area (Å²) in [4.78, 5) is 19.2. The van der Waals surface area contributed by atoms with Crippen LogP contribution in [0, 0.1) is 5.41 Å². The normalized spacial score (nSPS) is 27.3. The predicted octanol–water partition coefficient (Wildman–Crippen LogP) is 1.25. The number of nitrogen functional groups attached to an aromatic ring is 1. The number of nitrogens with two attached hydrogens (primary N) is 1. The summed E-state index contributed by atoms with van der Waals surface area (Å²) in [5.74, 6) is 0.207. The maximum Gasteiger partial charge on any atom is 0.220 e. The quantitative estimate of drug-likeness (QED) is 0.862. The number of anilines is 1.